The molecule has 122 valence electrons. The Bertz CT molecular complexity index is 697. The Labute approximate surface area is 129 Å². The van der Waals surface area contributed by atoms with E-state index in [2.05, 4.69) is 19.6 Å². The number of likely N-dealkylation sites (tertiary alicyclic amines) is 1. The number of amides is 1. The number of carbonyl (C=O) groups is 1. The van der Waals surface area contributed by atoms with Gasteiger partial charge in [0.1, 0.15) is 0 Å². The molecule has 0 aliphatic carbocycles. The van der Waals surface area contributed by atoms with Crippen molar-refractivity contribution in [2.75, 3.05) is 6.54 Å². The van der Waals surface area contributed by atoms with Crippen LogP contribution >= 0.6 is 0 Å². The Morgan fingerprint density at radius 3 is 2.70 bits per heavy atom. The molecule has 0 spiro atoms. The molecule has 0 aromatic carbocycles. The van der Waals surface area contributed by atoms with Gasteiger partial charge in [0.2, 0.25) is 11.7 Å². The maximum absolute atomic E-state index is 12.4. The Balaban J connectivity index is 1.72. The number of carbonyl (C=O) groups excluding carboxylic acids is 1. The minimum atomic E-state index is -4.67. The highest BCUT2D eigenvalue weighted by Crippen LogP contribution is 2.29. The molecule has 1 aliphatic rings. The number of aromatic nitrogens is 3. The first kappa shape index (κ1) is 15.4. The summed E-state index contributed by atoms with van der Waals surface area (Å²) in [5.41, 5.74) is 0.974. The van der Waals surface area contributed by atoms with Gasteiger partial charge in [-0.05, 0) is 25.0 Å². The summed E-state index contributed by atoms with van der Waals surface area (Å²) in [6.07, 6.45) is -0.892. The van der Waals surface area contributed by atoms with Crippen molar-refractivity contribution in [3.05, 3.63) is 29.9 Å². The minimum absolute atomic E-state index is 0.0927. The molecular weight excluding hydrogens is 313 g/mol. The van der Waals surface area contributed by atoms with E-state index in [1.165, 1.54) is 6.20 Å². The van der Waals surface area contributed by atoms with Crippen molar-refractivity contribution in [3.8, 4) is 11.4 Å². The summed E-state index contributed by atoms with van der Waals surface area (Å²) >= 11 is 0. The Hall–Kier alpha value is -2.45. The lowest BCUT2D eigenvalue weighted by molar-refractivity contribution is -0.159. The van der Waals surface area contributed by atoms with Crippen molar-refractivity contribution in [1.82, 2.24) is 20.0 Å². The number of alkyl halides is 3. The lowest BCUT2D eigenvalue weighted by Crippen LogP contribution is -2.34. The van der Waals surface area contributed by atoms with Gasteiger partial charge in [-0.25, -0.2) is 0 Å². The third-order valence-electron chi connectivity index (χ3n) is 3.53. The molecule has 2 aromatic rings. The topological polar surface area (TPSA) is 72.1 Å². The van der Waals surface area contributed by atoms with Gasteiger partial charge >= 0.3 is 12.1 Å². The molecule has 1 amide bonds. The van der Waals surface area contributed by atoms with Gasteiger partial charge in [-0.15, -0.1) is 0 Å². The largest absolute Gasteiger partial charge is 0.471 e. The summed E-state index contributed by atoms with van der Waals surface area (Å²) in [4.78, 5) is 20.9. The average molecular weight is 326 g/mol. The van der Waals surface area contributed by atoms with Crippen molar-refractivity contribution >= 4 is 5.91 Å². The number of rotatable bonds is 3. The van der Waals surface area contributed by atoms with Gasteiger partial charge in [-0.3, -0.25) is 9.78 Å². The predicted octanol–water partition coefficient (Wildman–Crippen LogP) is 2.66. The van der Waals surface area contributed by atoms with Gasteiger partial charge in [0.15, 0.2) is 0 Å². The second-order valence-corrected chi connectivity index (χ2v) is 5.23. The molecule has 0 saturated carbocycles. The summed E-state index contributed by atoms with van der Waals surface area (Å²) in [6, 6.07) is 3.20. The number of piperidine rings is 1. The second-order valence-electron chi connectivity index (χ2n) is 5.23. The molecule has 0 N–H and O–H groups in total. The van der Waals surface area contributed by atoms with Crippen LogP contribution in [0.4, 0.5) is 13.2 Å². The van der Waals surface area contributed by atoms with Gasteiger partial charge in [0.05, 0.1) is 12.2 Å². The highest BCUT2D eigenvalue weighted by molar-refractivity contribution is 5.76. The van der Waals surface area contributed by atoms with Gasteiger partial charge in [-0.2, -0.15) is 18.2 Å². The number of hydrogen-bond acceptors (Lipinski definition) is 5. The highest BCUT2D eigenvalue weighted by Gasteiger charge is 2.38. The fourth-order valence-electron chi connectivity index (χ4n) is 2.33. The van der Waals surface area contributed by atoms with Crippen LogP contribution in [0.15, 0.2) is 22.9 Å². The fraction of sp³-hybridized carbons (Fsp3) is 0.429. The van der Waals surface area contributed by atoms with Crippen LogP contribution in [0.2, 0.25) is 0 Å². The minimum Gasteiger partial charge on any atom is -0.337 e. The zero-order valence-corrected chi connectivity index (χ0v) is 12.0. The monoisotopic (exact) mass is 326 g/mol. The van der Waals surface area contributed by atoms with Crippen LogP contribution in [0.5, 0.6) is 0 Å². The van der Waals surface area contributed by atoms with E-state index in [9.17, 15) is 18.0 Å². The number of hydrogen-bond donors (Lipinski definition) is 0. The first-order valence-corrected chi connectivity index (χ1v) is 7.07. The Morgan fingerprint density at radius 2 is 2.09 bits per heavy atom. The molecule has 0 radical (unpaired) electrons. The maximum atomic E-state index is 12.4. The van der Waals surface area contributed by atoms with Crippen molar-refractivity contribution in [2.45, 2.75) is 32.0 Å². The molecule has 23 heavy (non-hydrogen) atoms. The molecule has 1 saturated heterocycles. The summed E-state index contributed by atoms with van der Waals surface area (Å²) < 4.78 is 41.5. The number of nitrogens with zero attached hydrogens (tertiary/aromatic N) is 4. The van der Waals surface area contributed by atoms with Gasteiger partial charge < -0.3 is 9.42 Å². The van der Waals surface area contributed by atoms with Crippen molar-refractivity contribution in [1.29, 1.82) is 0 Å². The molecule has 1 fully saturated rings. The van der Waals surface area contributed by atoms with E-state index < -0.39 is 12.1 Å². The van der Waals surface area contributed by atoms with Crippen LogP contribution in [0.1, 0.15) is 30.8 Å². The van der Waals surface area contributed by atoms with Crippen molar-refractivity contribution in [2.24, 2.45) is 0 Å². The second kappa shape index (κ2) is 5.98. The summed E-state index contributed by atoms with van der Waals surface area (Å²) in [5.74, 6) is -1.48. The lowest BCUT2D eigenvalue weighted by Gasteiger charge is -2.26. The molecular formula is C14H13F3N4O2. The van der Waals surface area contributed by atoms with Crippen molar-refractivity contribution < 1.29 is 22.5 Å². The third-order valence-corrected chi connectivity index (χ3v) is 3.53. The fourth-order valence-corrected chi connectivity index (χ4v) is 2.33. The highest BCUT2D eigenvalue weighted by atomic mass is 19.4. The molecule has 0 bridgehead atoms. The van der Waals surface area contributed by atoms with E-state index in [1.807, 2.05) is 0 Å². The Morgan fingerprint density at radius 1 is 1.26 bits per heavy atom. The van der Waals surface area contributed by atoms with Crippen LogP contribution in [0.25, 0.3) is 11.4 Å². The molecule has 1 aliphatic heterocycles. The molecule has 3 heterocycles. The summed E-state index contributed by atoms with van der Waals surface area (Å²) in [5, 5.41) is 3.30. The van der Waals surface area contributed by atoms with E-state index >= 15 is 0 Å². The van der Waals surface area contributed by atoms with Crippen LogP contribution < -0.4 is 0 Å². The van der Waals surface area contributed by atoms with Crippen molar-refractivity contribution in [3.63, 3.8) is 0 Å². The zero-order valence-electron chi connectivity index (χ0n) is 12.0. The van der Waals surface area contributed by atoms with E-state index in [0.717, 1.165) is 12.8 Å². The summed E-state index contributed by atoms with van der Waals surface area (Å²) in [6.45, 7) is 1.08. The van der Waals surface area contributed by atoms with Gasteiger partial charge in [0.25, 0.3) is 0 Å². The first-order valence-electron chi connectivity index (χ1n) is 7.07. The predicted molar refractivity (Wildman–Crippen MR) is 71.8 cm³/mol. The molecule has 9 heteroatoms. The Kier molecular flexibility index (Phi) is 4.01. The average Bonchev–Trinajstić information content (AvgIpc) is 3.00. The molecule has 2 aromatic heterocycles. The van der Waals surface area contributed by atoms with Gasteiger partial charge in [-0.1, -0.05) is 5.16 Å². The quantitative estimate of drug-likeness (QED) is 0.867. The van der Waals surface area contributed by atoms with Crippen LogP contribution in [0.3, 0.4) is 0 Å². The summed E-state index contributed by atoms with van der Waals surface area (Å²) in [7, 11) is 0. The van der Waals surface area contributed by atoms with Crippen LogP contribution in [0, 0.1) is 0 Å². The SMILES string of the molecule is O=C1CCCCN1Cc1ccc(-c2noc(C(F)(F)F)n2)cn1. The number of halogens is 3. The number of pyridine rings is 1. The molecule has 0 unspecified atom stereocenters. The third kappa shape index (κ3) is 3.49. The van der Waals surface area contributed by atoms with E-state index in [-0.39, 0.29) is 11.7 Å². The van der Waals surface area contributed by atoms with Gasteiger partial charge in [0, 0.05) is 24.7 Å². The standard InChI is InChI=1S/C14H13F3N4O2/c15-14(16,17)13-19-12(20-23-13)9-4-5-10(18-7-9)8-21-6-2-1-3-11(21)22/h4-5,7H,1-3,6,8H2. The zero-order chi connectivity index (χ0) is 16.4. The maximum Gasteiger partial charge on any atom is 0.471 e. The molecule has 3 rings (SSSR count). The van der Waals surface area contributed by atoms with Crippen LogP contribution in [-0.4, -0.2) is 32.5 Å². The smallest absolute Gasteiger partial charge is 0.337 e. The molecule has 6 nitrogen and oxygen atoms in total. The lowest BCUT2D eigenvalue weighted by atomic mass is 10.1. The first-order chi connectivity index (χ1) is 10.9. The van der Waals surface area contributed by atoms with Crippen LogP contribution in [-0.2, 0) is 17.5 Å². The van der Waals surface area contributed by atoms with E-state index in [4.69, 9.17) is 0 Å². The van der Waals surface area contributed by atoms with E-state index in [1.54, 1.807) is 17.0 Å². The normalized spacial score (nSPS) is 16.0. The van der Waals surface area contributed by atoms with E-state index in [0.29, 0.717) is 30.8 Å². The molecule has 0 atom stereocenters.